The minimum Gasteiger partial charge on any atom is -0.657 e. The second kappa shape index (κ2) is 30.5. The molecule has 1 saturated heterocycles. The SMILES string of the molecule is COC(=O)CCC1=C(C)c2nc1cc1[n-]c(c(C)c1CCC(=O)OC)c(-c1ccccc1)c1nc(cc3[n-]c(c(C)c3CCC(=O)OC)c2-c2ccc(C#Cc3cn([C@H]4C[C@H](O[Si](C)(C)C(C)(C)C)[C@@H](CO[Si](C)(C)C(C)(C)C)O4)c(=O)[nH]c3=O)cc2)C(CCC(=O)OC)=C1C.[Zn+2]. The Labute approximate surface area is 583 Å². The van der Waals surface area contributed by atoms with Gasteiger partial charge in [-0.1, -0.05) is 130 Å². The fraction of sp³-hybridized carbons (Fsp3) is 0.440. The Morgan fingerprint density at radius 2 is 1.07 bits per heavy atom. The maximum Gasteiger partial charge on any atom is 2.00 e. The Bertz CT molecular complexity index is 4460. The van der Waals surface area contributed by atoms with Gasteiger partial charge in [-0.3, -0.25) is 33.5 Å². The summed E-state index contributed by atoms with van der Waals surface area (Å²) in [6.45, 7) is 30.0. The number of H-pyrrole nitrogens is 1. The Hall–Kier alpha value is -7.90. The zero-order chi connectivity index (χ0) is 69.9. The fourth-order valence-electron chi connectivity index (χ4n) is 11.9. The van der Waals surface area contributed by atoms with Gasteiger partial charge in [0.05, 0.1) is 63.9 Å². The zero-order valence-electron chi connectivity index (χ0n) is 59.5. The van der Waals surface area contributed by atoms with E-state index in [4.69, 9.17) is 52.5 Å². The van der Waals surface area contributed by atoms with Crippen molar-refractivity contribution in [2.75, 3.05) is 35.0 Å². The van der Waals surface area contributed by atoms with Crippen molar-refractivity contribution in [1.29, 1.82) is 0 Å². The van der Waals surface area contributed by atoms with E-state index in [0.717, 1.165) is 55.7 Å². The smallest absolute Gasteiger partial charge is 0.657 e. The van der Waals surface area contributed by atoms with Crippen molar-refractivity contribution in [3.8, 4) is 34.1 Å². The maximum absolute atomic E-state index is 13.8. The number of benzene rings is 2. The van der Waals surface area contributed by atoms with Crippen LogP contribution in [0.15, 0.2) is 82.5 Å². The summed E-state index contributed by atoms with van der Waals surface area (Å²) in [6, 6.07) is 21.1. The van der Waals surface area contributed by atoms with Crippen molar-refractivity contribution in [1.82, 2.24) is 29.5 Å². The predicted octanol–water partition coefficient (Wildman–Crippen LogP) is 13.4. The maximum atomic E-state index is 13.8. The average molecular weight is 1410 g/mol. The number of rotatable bonds is 20. The first-order chi connectivity index (χ1) is 45.3. The standard InChI is InChI=1S/C75H91N6O13Si2.Zn/c1-43-51(30-34-62(82)88-11)55-38-57-53(32-36-64(84)90-13)45(3)70(78-57)67(71-46(4)54(33-37-65(85)91-14)58(79-71)39-56-52(31-35-63(83)89-12)44(2)69(77-56)66(68(43)76-55)48-22-20-19-21-23-48)49-27-24-47(25-28-49)26-29-50-41-81(73(87)80-72(50)86)61-40-59(94-96(17,18)75(8,9)10)60(93-61)42-92-95(15,16)74(5,6)7;/h19-25,27-28,38-39,41,59-61H,30-37,40,42H2,1-18H3,(H2-,76,77,78,79,80,86,87);/q-1;+2/p-1/t59-,60+,61+;/m0./s1. The van der Waals surface area contributed by atoms with E-state index in [9.17, 15) is 28.8 Å². The summed E-state index contributed by atoms with van der Waals surface area (Å²) in [5.74, 6) is 4.61. The Morgan fingerprint density at radius 1 is 0.629 bits per heavy atom. The number of ether oxygens (including phenoxy) is 5. The molecule has 6 aromatic rings. The van der Waals surface area contributed by atoms with Gasteiger partial charge in [-0.25, -0.2) is 14.8 Å². The molecule has 8 bridgehead atoms. The number of esters is 4. The minimum atomic E-state index is -2.33. The van der Waals surface area contributed by atoms with Gasteiger partial charge in [0.2, 0.25) is 0 Å². The molecule has 508 valence electrons. The van der Waals surface area contributed by atoms with Gasteiger partial charge in [0.25, 0.3) is 5.56 Å². The third kappa shape index (κ3) is 16.3. The number of methoxy groups -OCH3 is 4. The van der Waals surface area contributed by atoms with Crippen molar-refractivity contribution in [3.05, 3.63) is 150 Å². The van der Waals surface area contributed by atoms with E-state index in [1.807, 2.05) is 94.4 Å². The van der Waals surface area contributed by atoms with Crippen LogP contribution in [-0.2, 0) is 84.0 Å². The molecule has 0 aliphatic carbocycles. The molecule has 97 heavy (non-hydrogen) atoms. The van der Waals surface area contributed by atoms with E-state index in [1.165, 1.54) is 39.2 Å². The summed E-state index contributed by atoms with van der Waals surface area (Å²) < 4.78 is 42.5. The monoisotopic (exact) mass is 1400 g/mol. The molecule has 3 aliphatic rings. The summed E-state index contributed by atoms with van der Waals surface area (Å²) in [6.07, 6.45) is 1.40. The number of hydrogen-bond acceptors (Lipinski definition) is 15. The van der Waals surface area contributed by atoms with Gasteiger partial charge in [-0.05, 0) is 146 Å². The molecule has 0 spiro atoms. The number of hydrogen-bond donors (Lipinski definition) is 1. The number of aromatic nitrogens is 6. The number of aromatic amines is 1. The fourth-order valence-corrected chi connectivity index (χ4v) is 14.3. The second-order valence-electron chi connectivity index (χ2n) is 27.9. The second-order valence-corrected chi connectivity index (χ2v) is 37.5. The number of aryl methyl sites for hydroxylation is 4. The van der Waals surface area contributed by atoms with Crippen LogP contribution in [0.25, 0.3) is 66.6 Å². The number of carbonyl (C=O) groups excluding carboxylic acids is 4. The Morgan fingerprint density at radius 3 is 1.52 bits per heavy atom. The number of fused-ring (bicyclic) bond motifs is 8. The summed E-state index contributed by atoms with van der Waals surface area (Å²) in [7, 11) is 0.876. The van der Waals surface area contributed by atoms with E-state index in [2.05, 4.69) is 84.6 Å². The molecule has 0 unspecified atom stereocenters. The van der Waals surface area contributed by atoms with Crippen molar-refractivity contribution < 1.29 is 71.2 Å². The minimum absolute atomic E-state index is 0. The van der Waals surface area contributed by atoms with Gasteiger partial charge in [0, 0.05) is 43.9 Å². The number of nitrogens with one attached hydrogen (secondary N) is 1. The number of carbonyl (C=O) groups is 4. The molecule has 0 amide bonds. The van der Waals surface area contributed by atoms with E-state index in [0.29, 0.717) is 68.0 Å². The predicted molar refractivity (Wildman–Crippen MR) is 378 cm³/mol. The molecule has 19 nitrogen and oxygen atoms in total. The van der Waals surface area contributed by atoms with E-state index >= 15 is 0 Å². The van der Waals surface area contributed by atoms with E-state index in [-0.39, 0.29) is 99.2 Å². The van der Waals surface area contributed by atoms with Crippen LogP contribution in [0.1, 0.15) is 163 Å². The summed E-state index contributed by atoms with van der Waals surface area (Å²) in [5, 5.41) is -0.149. The van der Waals surface area contributed by atoms with Crippen LogP contribution in [0.3, 0.4) is 0 Å². The van der Waals surface area contributed by atoms with E-state index in [1.54, 1.807) is 0 Å². The van der Waals surface area contributed by atoms with Crippen LogP contribution in [0.4, 0.5) is 0 Å². The van der Waals surface area contributed by atoms with Crippen LogP contribution in [0.5, 0.6) is 0 Å². The van der Waals surface area contributed by atoms with E-state index < -0.39 is 64.1 Å². The van der Waals surface area contributed by atoms with Gasteiger partial charge >= 0.3 is 49.0 Å². The van der Waals surface area contributed by atoms with Crippen molar-refractivity contribution in [2.45, 2.75) is 182 Å². The van der Waals surface area contributed by atoms with Crippen LogP contribution in [0.2, 0.25) is 36.3 Å². The third-order valence-corrected chi connectivity index (χ3v) is 28.8. The molecule has 7 heterocycles. The van der Waals surface area contributed by atoms with Gasteiger partial charge in [-0.2, -0.15) is 0 Å². The van der Waals surface area contributed by atoms with Crippen molar-refractivity contribution >= 4 is 84.9 Å². The Balaban J connectivity index is 0.0000120. The summed E-state index contributed by atoms with van der Waals surface area (Å²) >= 11 is 0. The van der Waals surface area contributed by atoms with Crippen LogP contribution in [0, 0.1) is 25.7 Å². The first-order valence-electron chi connectivity index (χ1n) is 32.7. The van der Waals surface area contributed by atoms with Gasteiger partial charge in [-0.15, -0.1) is 22.1 Å². The van der Waals surface area contributed by atoms with Gasteiger partial charge < -0.3 is 42.5 Å². The average Bonchev–Trinajstić information content (AvgIpc) is 1.60. The van der Waals surface area contributed by atoms with Crippen LogP contribution in [-0.4, -0.2) is 107 Å². The Kier molecular flexibility index (Phi) is 23.5. The molecule has 2 aromatic carbocycles. The summed E-state index contributed by atoms with van der Waals surface area (Å²) in [4.78, 5) is 104. The first kappa shape index (κ1) is 74.9. The van der Waals surface area contributed by atoms with Gasteiger partial charge in [0.15, 0.2) is 16.6 Å². The normalized spacial score (nSPS) is 15.8. The molecule has 1 fully saturated rings. The topological polar surface area (TPSA) is 242 Å². The van der Waals surface area contributed by atoms with Gasteiger partial charge in [0.1, 0.15) is 17.9 Å². The number of allylic oxidation sites excluding steroid dienone is 4. The molecule has 3 aliphatic heterocycles. The molecule has 1 N–H and O–H groups in total. The van der Waals surface area contributed by atoms with Crippen LogP contribution >= 0.6 is 0 Å². The molecule has 4 aromatic heterocycles. The molecule has 9 rings (SSSR count). The first-order valence-corrected chi connectivity index (χ1v) is 38.5. The molecule has 22 heteroatoms. The quantitative estimate of drug-likeness (QED) is 0.0323. The van der Waals surface area contributed by atoms with Crippen molar-refractivity contribution in [3.63, 3.8) is 0 Å². The molecule has 0 radical (unpaired) electrons. The zero-order valence-corrected chi connectivity index (χ0v) is 64.4. The van der Waals surface area contributed by atoms with Crippen LogP contribution < -0.4 is 21.2 Å². The third-order valence-electron chi connectivity index (χ3n) is 19.8. The van der Waals surface area contributed by atoms with Crippen molar-refractivity contribution in [2.24, 2.45) is 0 Å². The largest absolute Gasteiger partial charge is 2.00 e. The number of nitrogens with zero attached hydrogens (tertiary/aromatic N) is 5. The summed E-state index contributed by atoms with van der Waals surface area (Å²) in [5.41, 5.74) is 12.9. The molecule has 3 atom stereocenters. The molecule has 0 saturated carbocycles. The molecular weight excluding hydrogens is 1310 g/mol. The molecular formula is C75H90N6O13Si2Zn.